The van der Waals surface area contributed by atoms with E-state index in [2.05, 4.69) is 5.32 Å². The zero-order valence-electron chi connectivity index (χ0n) is 8.96. The maximum atomic E-state index is 11.8. The first-order chi connectivity index (χ1) is 6.84. The number of thiocarbonyl (C=S) groups is 1. The van der Waals surface area contributed by atoms with Crippen molar-refractivity contribution in [1.82, 2.24) is 5.32 Å². The van der Waals surface area contributed by atoms with E-state index in [0.29, 0.717) is 11.3 Å². The van der Waals surface area contributed by atoms with Gasteiger partial charge in [0.05, 0.1) is 22.4 Å². The SMILES string of the molecule is Cc1occc1C(=O)NC(C)(C)C(N)=S. The lowest BCUT2D eigenvalue weighted by atomic mass is 10.1. The Labute approximate surface area is 93.8 Å². The Morgan fingerprint density at radius 3 is 2.60 bits per heavy atom. The van der Waals surface area contributed by atoms with Crippen LogP contribution in [-0.2, 0) is 0 Å². The summed E-state index contributed by atoms with van der Waals surface area (Å²) in [6.07, 6.45) is 1.47. The Morgan fingerprint density at radius 2 is 2.20 bits per heavy atom. The van der Waals surface area contributed by atoms with Crippen LogP contribution in [0.1, 0.15) is 30.0 Å². The number of amides is 1. The van der Waals surface area contributed by atoms with Gasteiger partial charge in [-0.25, -0.2) is 0 Å². The summed E-state index contributed by atoms with van der Waals surface area (Å²) >= 11 is 4.85. The molecule has 82 valence electrons. The molecule has 1 rings (SSSR count). The van der Waals surface area contributed by atoms with E-state index in [9.17, 15) is 4.79 Å². The van der Waals surface area contributed by atoms with Crippen LogP contribution in [0.2, 0.25) is 0 Å². The molecule has 1 heterocycles. The standard InChI is InChI=1S/C10H14N2O2S/c1-6-7(4-5-14-6)8(13)12-10(2,3)9(11)15/h4-5H,1-3H3,(H2,11,15)(H,12,13). The van der Waals surface area contributed by atoms with E-state index in [0.717, 1.165) is 0 Å². The average Bonchev–Trinajstić information content (AvgIpc) is 2.50. The molecule has 0 radical (unpaired) electrons. The highest BCUT2D eigenvalue weighted by atomic mass is 32.1. The predicted octanol–water partition coefficient (Wildman–Crippen LogP) is 1.38. The number of hydrogen-bond donors (Lipinski definition) is 2. The first-order valence-electron chi connectivity index (χ1n) is 4.51. The lowest BCUT2D eigenvalue weighted by Crippen LogP contribution is -2.52. The first kappa shape index (κ1) is 11.7. The van der Waals surface area contributed by atoms with Crippen molar-refractivity contribution in [1.29, 1.82) is 0 Å². The van der Waals surface area contributed by atoms with Crippen LogP contribution in [0.4, 0.5) is 0 Å². The Kier molecular flexibility index (Phi) is 3.14. The lowest BCUT2D eigenvalue weighted by molar-refractivity contribution is 0.0930. The number of carbonyl (C=O) groups excluding carboxylic acids is 1. The maximum absolute atomic E-state index is 11.8. The monoisotopic (exact) mass is 226 g/mol. The summed E-state index contributed by atoms with van der Waals surface area (Å²) in [5.74, 6) is 0.338. The molecule has 0 saturated carbocycles. The van der Waals surface area contributed by atoms with Gasteiger partial charge in [0.1, 0.15) is 5.76 Å². The van der Waals surface area contributed by atoms with E-state index in [1.54, 1.807) is 26.8 Å². The molecule has 0 fully saturated rings. The molecule has 15 heavy (non-hydrogen) atoms. The summed E-state index contributed by atoms with van der Waals surface area (Å²) in [6, 6.07) is 1.61. The number of nitrogens with one attached hydrogen (secondary N) is 1. The second kappa shape index (κ2) is 4.02. The predicted molar refractivity (Wildman–Crippen MR) is 61.8 cm³/mol. The Hall–Kier alpha value is -1.36. The number of carbonyl (C=O) groups is 1. The molecular formula is C10H14N2O2S. The van der Waals surface area contributed by atoms with Crippen LogP contribution in [0.5, 0.6) is 0 Å². The van der Waals surface area contributed by atoms with Crippen molar-refractivity contribution in [3.63, 3.8) is 0 Å². The van der Waals surface area contributed by atoms with E-state index in [-0.39, 0.29) is 10.9 Å². The normalized spacial score (nSPS) is 11.1. The third-order valence-corrected chi connectivity index (χ3v) is 2.66. The van der Waals surface area contributed by atoms with Crippen molar-refractivity contribution in [3.8, 4) is 0 Å². The highest BCUT2D eigenvalue weighted by Gasteiger charge is 2.25. The number of nitrogens with two attached hydrogens (primary N) is 1. The Morgan fingerprint density at radius 1 is 1.60 bits per heavy atom. The number of hydrogen-bond acceptors (Lipinski definition) is 3. The van der Waals surface area contributed by atoms with E-state index in [4.69, 9.17) is 22.4 Å². The zero-order chi connectivity index (χ0) is 11.6. The van der Waals surface area contributed by atoms with Crippen molar-refractivity contribution in [2.75, 3.05) is 0 Å². The largest absolute Gasteiger partial charge is 0.469 e. The smallest absolute Gasteiger partial charge is 0.255 e. The fourth-order valence-corrected chi connectivity index (χ4v) is 1.08. The molecule has 0 aliphatic rings. The van der Waals surface area contributed by atoms with Crippen LogP contribution in [-0.4, -0.2) is 16.4 Å². The van der Waals surface area contributed by atoms with E-state index >= 15 is 0 Å². The Bertz CT molecular complexity index is 396. The van der Waals surface area contributed by atoms with Gasteiger partial charge in [-0.1, -0.05) is 12.2 Å². The highest BCUT2D eigenvalue weighted by molar-refractivity contribution is 7.80. The molecule has 0 bridgehead atoms. The van der Waals surface area contributed by atoms with Crippen LogP contribution >= 0.6 is 12.2 Å². The lowest BCUT2D eigenvalue weighted by Gasteiger charge is -2.24. The highest BCUT2D eigenvalue weighted by Crippen LogP contribution is 2.11. The van der Waals surface area contributed by atoms with Crippen LogP contribution in [0.25, 0.3) is 0 Å². The van der Waals surface area contributed by atoms with Gasteiger partial charge >= 0.3 is 0 Å². The first-order valence-corrected chi connectivity index (χ1v) is 4.92. The average molecular weight is 226 g/mol. The molecule has 1 aromatic heterocycles. The molecule has 0 spiro atoms. The van der Waals surface area contributed by atoms with Gasteiger partial charge in [0.25, 0.3) is 5.91 Å². The second-order valence-corrected chi connectivity index (χ2v) is 4.27. The van der Waals surface area contributed by atoms with E-state index in [1.807, 2.05) is 0 Å². The summed E-state index contributed by atoms with van der Waals surface area (Å²) in [5, 5.41) is 2.73. The van der Waals surface area contributed by atoms with Gasteiger partial charge in [-0.15, -0.1) is 0 Å². The molecular weight excluding hydrogens is 212 g/mol. The van der Waals surface area contributed by atoms with Gasteiger partial charge < -0.3 is 15.5 Å². The molecule has 1 aromatic rings. The third kappa shape index (κ3) is 2.56. The van der Waals surface area contributed by atoms with Crippen LogP contribution in [0, 0.1) is 6.92 Å². The van der Waals surface area contributed by atoms with Gasteiger partial charge in [0, 0.05) is 0 Å². The maximum Gasteiger partial charge on any atom is 0.255 e. The summed E-state index contributed by atoms with van der Waals surface area (Å²) in [4.78, 5) is 12.0. The number of aryl methyl sites for hydroxylation is 1. The van der Waals surface area contributed by atoms with Crippen LogP contribution in [0.3, 0.4) is 0 Å². The van der Waals surface area contributed by atoms with E-state index in [1.165, 1.54) is 6.26 Å². The summed E-state index contributed by atoms with van der Waals surface area (Å²) in [5.41, 5.74) is 5.30. The minimum atomic E-state index is -0.698. The molecule has 4 nitrogen and oxygen atoms in total. The fourth-order valence-electron chi connectivity index (χ4n) is 1.03. The van der Waals surface area contributed by atoms with Gasteiger partial charge in [-0.3, -0.25) is 4.79 Å². The molecule has 0 unspecified atom stereocenters. The molecule has 0 aliphatic carbocycles. The molecule has 0 saturated heterocycles. The van der Waals surface area contributed by atoms with Gasteiger partial charge in [-0.2, -0.15) is 0 Å². The number of rotatable bonds is 3. The summed E-state index contributed by atoms with van der Waals surface area (Å²) in [7, 11) is 0. The zero-order valence-corrected chi connectivity index (χ0v) is 9.77. The van der Waals surface area contributed by atoms with Crippen molar-refractivity contribution >= 4 is 23.1 Å². The molecule has 0 aromatic carbocycles. The van der Waals surface area contributed by atoms with Crippen molar-refractivity contribution in [2.24, 2.45) is 5.73 Å². The molecule has 0 aliphatic heterocycles. The van der Waals surface area contributed by atoms with Gasteiger partial charge in [0.15, 0.2) is 0 Å². The topological polar surface area (TPSA) is 68.3 Å². The molecule has 3 N–H and O–H groups in total. The minimum Gasteiger partial charge on any atom is -0.469 e. The van der Waals surface area contributed by atoms with Crippen molar-refractivity contribution < 1.29 is 9.21 Å². The van der Waals surface area contributed by atoms with Gasteiger partial charge in [0.2, 0.25) is 0 Å². The van der Waals surface area contributed by atoms with Crippen molar-refractivity contribution in [2.45, 2.75) is 26.3 Å². The van der Waals surface area contributed by atoms with Crippen LogP contribution in [0.15, 0.2) is 16.7 Å². The summed E-state index contributed by atoms with van der Waals surface area (Å²) in [6.45, 7) is 5.23. The quantitative estimate of drug-likeness (QED) is 0.764. The summed E-state index contributed by atoms with van der Waals surface area (Å²) < 4.78 is 5.04. The molecule has 0 atom stereocenters. The van der Waals surface area contributed by atoms with E-state index < -0.39 is 5.54 Å². The van der Waals surface area contributed by atoms with Crippen molar-refractivity contribution in [3.05, 3.63) is 23.7 Å². The van der Waals surface area contributed by atoms with Gasteiger partial charge in [-0.05, 0) is 26.8 Å². The molecule has 5 heteroatoms. The Balaban J connectivity index is 2.81. The second-order valence-electron chi connectivity index (χ2n) is 3.83. The third-order valence-electron chi connectivity index (χ3n) is 2.15. The fraction of sp³-hybridized carbons (Fsp3) is 0.400. The van der Waals surface area contributed by atoms with Crippen LogP contribution < -0.4 is 11.1 Å². The molecule has 1 amide bonds. The minimum absolute atomic E-state index is 0.237. The number of furan rings is 1.